The minimum Gasteiger partial charge on any atom is -0.497 e. The maximum absolute atomic E-state index is 12.6. The van der Waals surface area contributed by atoms with Crippen molar-refractivity contribution in [1.82, 2.24) is 4.98 Å². The van der Waals surface area contributed by atoms with Gasteiger partial charge in [0.1, 0.15) is 16.4 Å². The highest BCUT2D eigenvalue weighted by atomic mass is 32.1. The van der Waals surface area contributed by atoms with Gasteiger partial charge in [-0.05, 0) is 31.2 Å². The van der Waals surface area contributed by atoms with Crippen molar-refractivity contribution in [2.75, 3.05) is 18.2 Å². The zero-order valence-electron chi connectivity index (χ0n) is 13.4. The molecule has 0 unspecified atom stereocenters. The normalized spacial score (nSPS) is 10.4. The van der Waals surface area contributed by atoms with Crippen molar-refractivity contribution in [3.05, 3.63) is 64.5 Å². The Kier molecular flexibility index (Phi) is 4.48. The van der Waals surface area contributed by atoms with Gasteiger partial charge in [0.15, 0.2) is 5.13 Å². The molecule has 0 radical (unpaired) electrons. The molecule has 5 nitrogen and oxygen atoms in total. The van der Waals surface area contributed by atoms with E-state index in [9.17, 15) is 4.79 Å². The number of aromatic nitrogens is 1. The summed E-state index contributed by atoms with van der Waals surface area (Å²) in [6.07, 6.45) is 0. The number of rotatable bonds is 5. The van der Waals surface area contributed by atoms with Crippen molar-refractivity contribution in [3.63, 3.8) is 0 Å². The second-order valence-corrected chi connectivity index (χ2v) is 6.28. The molecule has 1 heterocycles. The number of thiazole rings is 1. The number of carbonyl (C=O) groups excluding carboxylic acids is 1. The minimum absolute atomic E-state index is 0.118. The number of hydrogen-bond donors (Lipinski definition) is 2. The monoisotopic (exact) mass is 339 g/mol. The van der Waals surface area contributed by atoms with E-state index in [1.54, 1.807) is 19.2 Å². The molecule has 2 aromatic carbocycles. The summed E-state index contributed by atoms with van der Waals surface area (Å²) in [5.41, 5.74) is 8.48. The molecule has 3 N–H and O–H groups in total. The van der Waals surface area contributed by atoms with E-state index in [0.29, 0.717) is 15.6 Å². The minimum atomic E-state index is -0.118. The average molecular weight is 339 g/mol. The van der Waals surface area contributed by atoms with Crippen LogP contribution in [0.25, 0.3) is 0 Å². The molecule has 0 spiro atoms. The molecule has 0 bridgehead atoms. The van der Waals surface area contributed by atoms with Crippen LogP contribution in [0, 0.1) is 6.92 Å². The molecule has 3 rings (SSSR count). The van der Waals surface area contributed by atoms with Crippen molar-refractivity contribution >= 4 is 33.8 Å². The maximum atomic E-state index is 12.6. The molecule has 3 aromatic rings. The zero-order chi connectivity index (χ0) is 17.1. The Balaban J connectivity index is 1.81. The van der Waals surface area contributed by atoms with Gasteiger partial charge in [-0.2, -0.15) is 0 Å². The van der Waals surface area contributed by atoms with Crippen molar-refractivity contribution in [3.8, 4) is 5.75 Å². The summed E-state index contributed by atoms with van der Waals surface area (Å²) in [5, 5.41) is 3.73. The van der Waals surface area contributed by atoms with Crippen LogP contribution in [0.15, 0.2) is 48.5 Å². The summed E-state index contributed by atoms with van der Waals surface area (Å²) in [6, 6.07) is 14.8. The number of nitrogens with one attached hydrogen (secondary N) is 1. The number of methoxy groups -OCH3 is 1. The first-order chi connectivity index (χ1) is 11.6. The summed E-state index contributed by atoms with van der Waals surface area (Å²) in [6.45, 7) is 1.98. The van der Waals surface area contributed by atoms with Crippen LogP contribution in [0.5, 0.6) is 5.75 Å². The number of benzene rings is 2. The van der Waals surface area contributed by atoms with Gasteiger partial charge < -0.3 is 15.8 Å². The van der Waals surface area contributed by atoms with Gasteiger partial charge in [-0.1, -0.05) is 41.2 Å². The Bertz CT molecular complexity index is 855. The summed E-state index contributed by atoms with van der Waals surface area (Å²) < 4.78 is 5.13. The second-order valence-electron chi connectivity index (χ2n) is 5.28. The highest BCUT2D eigenvalue weighted by Crippen LogP contribution is 2.30. The van der Waals surface area contributed by atoms with Gasteiger partial charge >= 0.3 is 0 Å². The first-order valence-electron chi connectivity index (χ1n) is 7.35. The SMILES string of the molecule is COc1ccc(Nc2nc(N)c(C(=O)c3ccc(C)cc3)s2)cc1. The van der Waals surface area contributed by atoms with Crippen LogP contribution in [-0.4, -0.2) is 17.9 Å². The van der Waals surface area contributed by atoms with Crippen LogP contribution in [0.1, 0.15) is 20.8 Å². The van der Waals surface area contributed by atoms with E-state index < -0.39 is 0 Å². The third-order valence-corrected chi connectivity index (χ3v) is 4.50. The maximum Gasteiger partial charge on any atom is 0.206 e. The number of anilines is 3. The van der Waals surface area contributed by atoms with Crippen molar-refractivity contribution < 1.29 is 9.53 Å². The largest absolute Gasteiger partial charge is 0.497 e. The van der Waals surface area contributed by atoms with Crippen LogP contribution in [0.2, 0.25) is 0 Å². The molecule has 0 aliphatic rings. The van der Waals surface area contributed by atoms with E-state index in [4.69, 9.17) is 10.5 Å². The number of ether oxygens (including phenoxy) is 1. The predicted molar refractivity (Wildman–Crippen MR) is 97.4 cm³/mol. The molecule has 6 heteroatoms. The van der Waals surface area contributed by atoms with E-state index in [1.807, 2.05) is 43.3 Å². The fourth-order valence-corrected chi connectivity index (χ4v) is 3.05. The van der Waals surface area contributed by atoms with Gasteiger partial charge in [0.25, 0.3) is 0 Å². The summed E-state index contributed by atoms with van der Waals surface area (Å²) >= 11 is 1.24. The molecular formula is C18H17N3O2S. The van der Waals surface area contributed by atoms with Gasteiger partial charge in [0, 0.05) is 11.3 Å². The first kappa shape index (κ1) is 16.0. The number of nitrogen functional groups attached to an aromatic ring is 1. The van der Waals surface area contributed by atoms with Crippen LogP contribution in [0.3, 0.4) is 0 Å². The van der Waals surface area contributed by atoms with Crippen LogP contribution >= 0.6 is 11.3 Å². The van der Waals surface area contributed by atoms with Crippen molar-refractivity contribution in [2.45, 2.75) is 6.92 Å². The second kappa shape index (κ2) is 6.72. The third kappa shape index (κ3) is 3.38. The Morgan fingerprint density at radius 3 is 2.42 bits per heavy atom. The number of nitrogens with two attached hydrogens (primary N) is 1. The number of carbonyl (C=O) groups is 1. The molecule has 0 aliphatic carbocycles. The van der Waals surface area contributed by atoms with Gasteiger partial charge in [-0.3, -0.25) is 4.79 Å². The predicted octanol–water partition coefficient (Wildman–Crippen LogP) is 4.02. The third-order valence-electron chi connectivity index (χ3n) is 3.51. The average Bonchev–Trinajstić information content (AvgIpc) is 2.96. The molecule has 0 fully saturated rings. The number of hydrogen-bond acceptors (Lipinski definition) is 6. The van der Waals surface area contributed by atoms with Crippen molar-refractivity contribution in [2.24, 2.45) is 0 Å². The standard InChI is InChI=1S/C18H17N3O2S/c1-11-3-5-12(6-4-11)15(22)16-17(19)21-18(24-16)20-13-7-9-14(23-2)10-8-13/h3-10H,19H2,1-2H3,(H,20,21). The highest BCUT2D eigenvalue weighted by molar-refractivity contribution is 7.18. The lowest BCUT2D eigenvalue weighted by Gasteiger charge is -2.03. The van der Waals surface area contributed by atoms with Crippen molar-refractivity contribution in [1.29, 1.82) is 0 Å². The summed E-state index contributed by atoms with van der Waals surface area (Å²) in [5.74, 6) is 0.892. The van der Waals surface area contributed by atoms with Gasteiger partial charge in [-0.25, -0.2) is 4.98 Å². The number of ketones is 1. The highest BCUT2D eigenvalue weighted by Gasteiger charge is 2.18. The van der Waals surface area contributed by atoms with E-state index in [0.717, 1.165) is 17.0 Å². The Morgan fingerprint density at radius 2 is 1.79 bits per heavy atom. The lowest BCUT2D eigenvalue weighted by molar-refractivity contribution is 0.104. The summed E-state index contributed by atoms with van der Waals surface area (Å²) in [7, 11) is 1.62. The smallest absolute Gasteiger partial charge is 0.206 e. The molecule has 24 heavy (non-hydrogen) atoms. The zero-order valence-corrected chi connectivity index (χ0v) is 14.2. The Morgan fingerprint density at radius 1 is 1.12 bits per heavy atom. The quantitative estimate of drug-likeness (QED) is 0.687. The first-order valence-corrected chi connectivity index (χ1v) is 8.17. The lowest BCUT2D eigenvalue weighted by Crippen LogP contribution is -2.02. The van der Waals surface area contributed by atoms with E-state index in [2.05, 4.69) is 10.3 Å². The van der Waals surface area contributed by atoms with E-state index in [-0.39, 0.29) is 11.6 Å². The Hall–Kier alpha value is -2.86. The van der Waals surface area contributed by atoms with Crippen LogP contribution in [-0.2, 0) is 0 Å². The summed E-state index contributed by atoms with van der Waals surface area (Å²) in [4.78, 5) is 17.3. The van der Waals surface area contributed by atoms with Crippen LogP contribution in [0.4, 0.5) is 16.6 Å². The molecule has 1 aromatic heterocycles. The van der Waals surface area contributed by atoms with Gasteiger partial charge in [-0.15, -0.1) is 0 Å². The van der Waals surface area contributed by atoms with E-state index >= 15 is 0 Å². The fraction of sp³-hybridized carbons (Fsp3) is 0.111. The topological polar surface area (TPSA) is 77.2 Å². The number of nitrogens with zero attached hydrogens (tertiary/aromatic N) is 1. The molecule has 0 amide bonds. The molecule has 0 aliphatic heterocycles. The van der Waals surface area contributed by atoms with Gasteiger partial charge in [0.2, 0.25) is 5.78 Å². The Labute approximate surface area is 144 Å². The van der Waals surface area contributed by atoms with Gasteiger partial charge in [0.05, 0.1) is 7.11 Å². The number of aryl methyl sites for hydroxylation is 1. The van der Waals surface area contributed by atoms with Crippen LogP contribution < -0.4 is 15.8 Å². The van der Waals surface area contributed by atoms with E-state index in [1.165, 1.54) is 11.3 Å². The fourth-order valence-electron chi connectivity index (χ4n) is 2.18. The molecule has 122 valence electrons. The molecule has 0 atom stereocenters. The molecular weight excluding hydrogens is 322 g/mol. The molecule has 0 saturated carbocycles. The lowest BCUT2D eigenvalue weighted by atomic mass is 10.1. The molecule has 0 saturated heterocycles.